The molecule has 0 radical (unpaired) electrons. The van der Waals surface area contributed by atoms with Crippen LogP contribution in [0.15, 0.2) is 22.7 Å². The van der Waals surface area contributed by atoms with Gasteiger partial charge >= 0.3 is 0 Å². The Morgan fingerprint density at radius 1 is 1.50 bits per heavy atom. The van der Waals surface area contributed by atoms with Crippen molar-refractivity contribution in [3.8, 4) is 12.3 Å². The Balaban J connectivity index is 2.51. The number of terminal acetylenes is 1. The van der Waals surface area contributed by atoms with Crippen LogP contribution in [0.1, 0.15) is 12.0 Å². The summed E-state index contributed by atoms with van der Waals surface area (Å²) in [6, 6.07) is 4.99. The molecule has 1 rings (SSSR count). The summed E-state index contributed by atoms with van der Waals surface area (Å²) in [4.78, 5) is 0. The van der Waals surface area contributed by atoms with Crippen molar-refractivity contribution >= 4 is 15.9 Å². The van der Waals surface area contributed by atoms with Gasteiger partial charge in [-0.25, -0.2) is 4.39 Å². The third kappa shape index (κ3) is 3.13. The number of nitrogens with one attached hydrogen (secondary N) is 1. The molecule has 1 N–H and O–H groups in total. The molecule has 0 saturated carbocycles. The van der Waals surface area contributed by atoms with E-state index in [2.05, 4.69) is 27.2 Å². The number of hydrogen-bond donors (Lipinski definition) is 1. The van der Waals surface area contributed by atoms with E-state index in [1.54, 1.807) is 6.07 Å². The van der Waals surface area contributed by atoms with Gasteiger partial charge in [0.1, 0.15) is 5.82 Å². The van der Waals surface area contributed by atoms with Crippen LogP contribution in [0.4, 0.5) is 4.39 Å². The molecule has 0 atom stereocenters. The van der Waals surface area contributed by atoms with Crippen molar-refractivity contribution in [3.05, 3.63) is 34.1 Å². The maximum atomic E-state index is 13.0. The summed E-state index contributed by atoms with van der Waals surface area (Å²) in [6.07, 6.45) is 5.79. The van der Waals surface area contributed by atoms with E-state index in [1.165, 1.54) is 6.07 Å². The zero-order chi connectivity index (χ0) is 10.4. The fourth-order valence-electron chi connectivity index (χ4n) is 1.07. The second-order valence-electron chi connectivity index (χ2n) is 2.84. The second-order valence-corrected chi connectivity index (χ2v) is 3.64. The Labute approximate surface area is 91.8 Å². The van der Waals surface area contributed by atoms with Gasteiger partial charge in [-0.2, -0.15) is 0 Å². The van der Waals surface area contributed by atoms with Crippen molar-refractivity contribution < 1.29 is 4.39 Å². The molecule has 0 aliphatic carbocycles. The van der Waals surface area contributed by atoms with Gasteiger partial charge < -0.3 is 5.32 Å². The maximum Gasteiger partial charge on any atom is 0.137 e. The summed E-state index contributed by atoms with van der Waals surface area (Å²) < 4.78 is 13.6. The van der Waals surface area contributed by atoms with Gasteiger partial charge in [-0.15, -0.1) is 12.3 Å². The fourth-order valence-corrected chi connectivity index (χ4v) is 1.47. The van der Waals surface area contributed by atoms with Crippen LogP contribution in [0.3, 0.4) is 0 Å². The van der Waals surface area contributed by atoms with Crippen LogP contribution in [-0.4, -0.2) is 6.54 Å². The first-order chi connectivity index (χ1) is 6.75. The SMILES string of the molecule is C#CCCNCc1cccc(F)c1Br. The molecule has 0 unspecified atom stereocenters. The lowest BCUT2D eigenvalue weighted by Crippen LogP contribution is -2.14. The average Bonchev–Trinajstić information content (AvgIpc) is 2.19. The van der Waals surface area contributed by atoms with E-state index in [-0.39, 0.29) is 5.82 Å². The minimum atomic E-state index is -0.235. The third-order valence-corrected chi connectivity index (χ3v) is 2.68. The van der Waals surface area contributed by atoms with Crippen LogP contribution in [-0.2, 0) is 6.54 Å². The number of hydrogen-bond acceptors (Lipinski definition) is 1. The molecule has 0 aliphatic heterocycles. The molecule has 0 aromatic heterocycles. The van der Waals surface area contributed by atoms with Crippen molar-refractivity contribution in [3.63, 3.8) is 0 Å². The molecule has 0 aliphatic rings. The monoisotopic (exact) mass is 255 g/mol. The average molecular weight is 256 g/mol. The van der Waals surface area contributed by atoms with Gasteiger partial charge in [-0.05, 0) is 27.6 Å². The summed E-state index contributed by atoms with van der Waals surface area (Å²) in [5, 5.41) is 3.13. The molecular formula is C11H11BrFN. The first-order valence-corrected chi connectivity index (χ1v) is 5.12. The van der Waals surface area contributed by atoms with E-state index in [0.717, 1.165) is 12.1 Å². The first kappa shape index (κ1) is 11.2. The van der Waals surface area contributed by atoms with E-state index in [9.17, 15) is 4.39 Å². The van der Waals surface area contributed by atoms with Crippen molar-refractivity contribution in [2.45, 2.75) is 13.0 Å². The summed E-state index contributed by atoms with van der Waals surface area (Å²) in [5.74, 6) is 2.30. The largest absolute Gasteiger partial charge is 0.312 e. The molecule has 0 bridgehead atoms. The quantitative estimate of drug-likeness (QED) is 0.645. The molecule has 1 aromatic rings. The van der Waals surface area contributed by atoms with E-state index in [1.807, 2.05) is 6.07 Å². The summed E-state index contributed by atoms with van der Waals surface area (Å²) in [6.45, 7) is 1.37. The Morgan fingerprint density at radius 2 is 2.29 bits per heavy atom. The summed E-state index contributed by atoms with van der Waals surface area (Å²) in [7, 11) is 0. The molecule has 0 heterocycles. The normalized spacial score (nSPS) is 9.79. The van der Waals surface area contributed by atoms with Gasteiger partial charge in [0, 0.05) is 19.5 Å². The highest BCUT2D eigenvalue weighted by Gasteiger charge is 2.03. The van der Waals surface area contributed by atoms with Gasteiger partial charge in [0.25, 0.3) is 0 Å². The lowest BCUT2D eigenvalue weighted by atomic mass is 10.2. The minimum Gasteiger partial charge on any atom is -0.312 e. The molecule has 1 aromatic carbocycles. The van der Waals surface area contributed by atoms with Crippen LogP contribution in [0.25, 0.3) is 0 Å². The predicted molar refractivity (Wildman–Crippen MR) is 59.3 cm³/mol. The number of rotatable bonds is 4. The van der Waals surface area contributed by atoms with Gasteiger partial charge in [-0.1, -0.05) is 12.1 Å². The Bertz CT molecular complexity index is 344. The second kappa shape index (κ2) is 5.79. The van der Waals surface area contributed by atoms with E-state index < -0.39 is 0 Å². The molecule has 3 heteroatoms. The van der Waals surface area contributed by atoms with Gasteiger partial charge in [0.15, 0.2) is 0 Å². The Kier molecular flexibility index (Phi) is 4.64. The highest BCUT2D eigenvalue weighted by molar-refractivity contribution is 9.10. The number of halogens is 2. The van der Waals surface area contributed by atoms with Gasteiger partial charge in [0.05, 0.1) is 4.47 Å². The van der Waals surface area contributed by atoms with Crippen molar-refractivity contribution in [1.29, 1.82) is 0 Å². The fraction of sp³-hybridized carbons (Fsp3) is 0.273. The molecule has 14 heavy (non-hydrogen) atoms. The molecule has 0 spiro atoms. The molecular weight excluding hydrogens is 245 g/mol. The minimum absolute atomic E-state index is 0.235. The lowest BCUT2D eigenvalue weighted by molar-refractivity contribution is 0.613. The van der Waals surface area contributed by atoms with Gasteiger partial charge in [-0.3, -0.25) is 0 Å². The maximum absolute atomic E-state index is 13.0. The van der Waals surface area contributed by atoms with Crippen LogP contribution in [0.5, 0.6) is 0 Å². The van der Waals surface area contributed by atoms with E-state index in [0.29, 0.717) is 17.4 Å². The summed E-state index contributed by atoms with van der Waals surface area (Å²) >= 11 is 3.19. The lowest BCUT2D eigenvalue weighted by Gasteiger charge is -2.05. The standard InChI is InChI=1S/C11H11BrFN/c1-2-3-7-14-8-9-5-4-6-10(13)11(9)12/h1,4-6,14H,3,7-8H2. The van der Waals surface area contributed by atoms with Crippen LogP contribution >= 0.6 is 15.9 Å². The predicted octanol–water partition coefficient (Wildman–Crippen LogP) is 2.70. The van der Waals surface area contributed by atoms with E-state index >= 15 is 0 Å². The van der Waals surface area contributed by atoms with Gasteiger partial charge in [0.2, 0.25) is 0 Å². The molecule has 0 amide bonds. The van der Waals surface area contributed by atoms with Crippen LogP contribution in [0.2, 0.25) is 0 Å². The van der Waals surface area contributed by atoms with Crippen molar-refractivity contribution in [2.24, 2.45) is 0 Å². The first-order valence-electron chi connectivity index (χ1n) is 4.32. The Morgan fingerprint density at radius 3 is 3.00 bits per heavy atom. The zero-order valence-electron chi connectivity index (χ0n) is 7.69. The highest BCUT2D eigenvalue weighted by atomic mass is 79.9. The van der Waals surface area contributed by atoms with Crippen molar-refractivity contribution in [2.75, 3.05) is 6.54 Å². The number of benzene rings is 1. The van der Waals surface area contributed by atoms with Crippen molar-refractivity contribution in [1.82, 2.24) is 5.32 Å². The highest BCUT2D eigenvalue weighted by Crippen LogP contribution is 2.19. The smallest absolute Gasteiger partial charge is 0.137 e. The van der Waals surface area contributed by atoms with Crippen LogP contribution in [0, 0.1) is 18.2 Å². The van der Waals surface area contributed by atoms with E-state index in [4.69, 9.17) is 6.42 Å². The molecule has 0 saturated heterocycles. The van der Waals surface area contributed by atoms with Crippen LogP contribution < -0.4 is 5.32 Å². The zero-order valence-corrected chi connectivity index (χ0v) is 9.27. The summed E-state index contributed by atoms with van der Waals surface area (Å²) in [5.41, 5.74) is 0.905. The molecule has 1 nitrogen and oxygen atoms in total. The topological polar surface area (TPSA) is 12.0 Å². The molecule has 74 valence electrons. The third-order valence-electron chi connectivity index (χ3n) is 1.79. The molecule has 0 fully saturated rings. The Hall–Kier alpha value is -0.850.